The fraction of sp³-hybridized carbons (Fsp3) is 0.105. The van der Waals surface area contributed by atoms with Gasteiger partial charge in [0.05, 0.1) is 11.0 Å². The van der Waals surface area contributed by atoms with Gasteiger partial charge in [-0.2, -0.15) is 9.61 Å². The quantitative estimate of drug-likeness (QED) is 0.245. The molecule has 0 saturated heterocycles. The third-order valence-corrected chi connectivity index (χ3v) is 6.73. The largest absolute Gasteiger partial charge is 0.399 e. The Bertz CT molecular complexity index is 1370. The summed E-state index contributed by atoms with van der Waals surface area (Å²) in [5.74, 6) is 0.896. The lowest BCUT2D eigenvalue weighted by Crippen LogP contribution is -2.06. The number of hydrogen-bond acceptors (Lipinski definition) is 7. The maximum Gasteiger partial charge on any atom is 0.234 e. The molecule has 0 aliphatic heterocycles. The molecule has 0 bridgehead atoms. The number of imidazole rings is 1. The summed E-state index contributed by atoms with van der Waals surface area (Å²) in [6, 6.07) is 11.2. The highest BCUT2D eigenvalue weighted by molar-refractivity contribution is 9.11. The van der Waals surface area contributed by atoms with Gasteiger partial charge in [0.25, 0.3) is 0 Å². The molecule has 5 aromatic rings. The molecule has 3 heterocycles. The topological polar surface area (TPSA) is 115 Å². The van der Waals surface area contributed by atoms with Crippen molar-refractivity contribution in [3.63, 3.8) is 0 Å². The molecule has 3 aromatic heterocycles. The van der Waals surface area contributed by atoms with Gasteiger partial charge in [0.1, 0.15) is 5.01 Å². The summed E-state index contributed by atoms with van der Waals surface area (Å²) in [6.07, 6.45) is 0.660. The average Bonchev–Trinajstić information content (AvgIpc) is 3.39. The highest BCUT2D eigenvalue weighted by Gasteiger charge is 2.19. The molecule has 150 valence electrons. The number of hydrogen-bond donors (Lipinski definition) is 2. The second kappa shape index (κ2) is 7.56. The van der Waals surface area contributed by atoms with Crippen LogP contribution in [0.2, 0.25) is 0 Å². The SMILES string of the molecule is Nc1cc(Br)c(-c2nn3c(CCC(=O)c4nc5ccccc5[nH]4)nnc3s2)c(Br)c1. The van der Waals surface area contributed by atoms with Crippen LogP contribution in [0.5, 0.6) is 0 Å². The van der Waals surface area contributed by atoms with Gasteiger partial charge in [-0.3, -0.25) is 4.79 Å². The third kappa shape index (κ3) is 3.42. The van der Waals surface area contributed by atoms with Crippen molar-refractivity contribution in [2.75, 3.05) is 5.73 Å². The number of nitrogens with one attached hydrogen (secondary N) is 1. The number of aromatic amines is 1. The zero-order chi connectivity index (χ0) is 20.8. The summed E-state index contributed by atoms with van der Waals surface area (Å²) in [6.45, 7) is 0. The Hall–Kier alpha value is -2.63. The Labute approximate surface area is 190 Å². The van der Waals surface area contributed by atoms with Crippen LogP contribution >= 0.6 is 43.2 Å². The van der Waals surface area contributed by atoms with Gasteiger partial charge in [0.2, 0.25) is 4.96 Å². The summed E-state index contributed by atoms with van der Waals surface area (Å²) < 4.78 is 3.35. The predicted molar refractivity (Wildman–Crippen MR) is 123 cm³/mol. The molecule has 8 nitrogen and oxygen atoms in total. The fourth-order valence-corrected chi connectivity index (χ4v) is 5.93. The molecule has 30 heavy (non-hydrogen) atoms. The van der Waals surface area contributed by atoms with E-state index in [0.717, 1.165) is 30.5 Å². The minimum Gasteiger partial charge on any atom is -0.399 e. The monoisotopic (exact) mass is 545 g/mol. The van der Waals surface area contributed by atoms with Crippen molar-refractivity contribution in [1.29, 1.82) is 0 Å². The van der Waals surface area contributed by atoms with Crippen LogP contribution in [0.25, 0.3) is 26.6 Å². The Morgan fingerprint density at radius 1 is 1.17 bits per heavy atom. The number of nitrogens with two attached hydrogens (primary N) is 1. The summed E-state index contributed by atoms with van der Waals surface area (Å²) in [7, 11) is 0. The number of nitrogen functional groups attached to an aromatic ring is 1. The fourth-order valence-electron chi connectivity index (χ4n) is 3.14. The van der Waals surface area contributed by atoms with Crippen LogP contribution < -0.4 is 5.73 Å². The second-order valence-electron chi connectivity index (χ2n) is 6.60. The van der Waals surface area contributed by atoms with Crippen LogP contribution in [0, 0.1) is 0 Å². The van der Waals surface area contributed by atoms with E-state index < -0.39 is 0 Å². The number of H-pyrrole nitrogens is 1. The van der Waals surface area contributed by atoms with Gasteiger partial charge in [-0.05, 0) is 56.1 Å². The van der Waals surface area contributed by atoms with Crippen molar-refractivity contribution >= 4 is 70.7 Å². The predicted octanol–water partition coefficient (Wildman–Crippen LogP) is 4.65. The first-order valence-corrected chi connectivity index (χ1v) is 11.3. The second-order valence-corrected chi connectivity index (χ2v) is 9.27. The lowest BCUT2D eigenvalue weighted by atomic mass is 10.2. The Kier molecular flexibility index (Phi) is 4.88. The minimum atomic E-state index is -0.0811. The first-order chi connectivity index (χ1) is 14.5. The first-order valence-electron chi connectivity index (χ1n) is 8.93. The number of fused-ring (bicyclic) bond motifs is 2. The maximum absolute atomic E-state index is 12.6. The minimum absolute atomic E-state index is 0.0811. The number of para-hydroxylation sites is 2. The van der Waals surface area contributed by atoms with E-state index in [0.29, 0.717) is 28.7 Å². The molecule has 0 atom stereocenters. The molecule has 11 heteroatoms. The lowest BCUT2D eigenvalue weighted by Gasteiger charge is -2.05. The molecule has 0 aliphatic carbocycles. The van der Waals surface area contributed by atoms with Crippen LogP contribution in [0.3, 0.4) is 0 Å². The van der Waals surface area contributed by atoms with E-state index in [1.54, 1.807) is 4.52 Å². The molecule has 0 amide bonds. The highest BCUT2D eigenvalue weighted by Crippen LogP contribution is 2.38. The number of halogens is 2. The lowest BCUT2D eigenvalue weighted by molar-refractivity contribution is 0.0973. The number of benzene rings is 2. The van der Waals surface area contributed by atoms with Crippen molar-refractivity contribution in [1.82, 2.24) is 29.8 Å². The standard InChI is InChI=1S/C19H13Br2N7OS/c20-10-7-9(22)8-11(21)16(10)18-27-28-15(25-26-19(28)30-18)6-5-14(29)17-23-12-3-1-2-4-13(12)24-17/h1-4,7-8H,5-6,22H2,(H,23,24). The number of aromatic nitrogens is 6. The van der Waals surface area contributed by atoms with Crippen molar-refractivity contribution in [2.45, 2.75) is 12.8 Å². The summed E-state index contributed by atoms with van der Waals surface area (Å²) in [5, 5.41) is 13.8. The molecule has 0 spiro atoms. The van der Waals surface area contributed by atoms with E-state index in [-0.39, 0.29) is 12.2 Å². The smallest absolute Gasteiger partial charge is 0.234 e. The van der Waals surface area contributed by atoms with Crippen LogP contribution in [0.4, 0.5) is 5.69 Å². The van der Waals surface area contributed by atoms with Crippen molar-refractivity contribution in [3.8, 4) is 10.6 Å². The Balaban J connectivity index is 1.40. The molecule has 2 aromatic carbocycles. The number of carbonyl (C=O) groups is 1. The van der Waals surface area contributed by atoms with E-state index in [4.69, 9.17) is 5.73 Å². The molecule has 0 radical (unpaired) electrons. The molecule has 0 fully saturated rings. The van der Waals surface area contributed by atoms with Gasteiger partial charge in [-0.1, -0.05) is 23.5 Å². The Morgan fingerprint density at radius 2 is 1.93 bits per heavy atom. The molecule has 3 N–H and O–H groups in total. The zero-order valence-corrected chi connectivity index (χ0v) is 19.3. The van der Waals surface area contributed by atoms with E-state index in [9.17, 15) is 4.79 Å². The number of ketones is 1. The van der Waals surface area contributed by atoms with Crippen LogP contribution in [0.1, 0.15) is 22.9 Å². The van der Waals surface area contributed by atoms with Crippen molar-refractivity contribution in [3.05, 3.63) is 57.0 Å². The van der Waals surface area contributed by atoms with E-state index in [2.05, 4.69) is 57.1 Å². The summed E-state index contributed by atoms with van der Waals surface area (Å²) in [5.41, 5.74) is 9.03. The molecular weight excluding hydrogens is 534 g/mol. The molecule has 0 unspecified atom stereocenters. The number of Topliss-reactive ketones (excluding diaryl/α,β-unsaturated/α-hetero) is 1. The number of rotatable bonds is 5. The summed E-state index contributed by atoms with van der Waals surface area (Å²) >= 11 is 8.50. The van der Waals surface area contributed by atoms with Gasteiger partial charge in [-0.25, -0.2) is 4.98 Å². The average molecular weight is 547 g/mol. The van der Waals surface area contributed by atoms with E-state index >= 15 is 0 Å². The van der Waals surface area contributed by atoms with Crippen LogP contribution in [0.15, 0.2) is 45.3 Å². The van der Waals surface area contributed by atoms with E-state index in [1.165, 1.54) is 11.3 Å². The maximum atomic E-state index is 12.6. The van der Waals surface area contributed by atoms with Crippen molar-refractivity contribution < 1.29 is 4.79 Å². The molecular formula is C19H13Br2N7OS. The van der Waals surface area contributed by atoms with Gasteiger partial charge in [-0.15, -0.1) is 10.2 Å². The van der Waals surface area contributed by atoms with E-state index in [1.807, 2.05) is 36.4 Å². The number of aryl methyl sites for hydroxylation is 1. The molecule has 0 saturated carbocycles. The van der Waals surface area contributed by atoms with Crippen LogP contribution in [-0.2, 0) is 6.42 Å². The van der Waals surface area contributed by atoms with Gasteiger partial charge in [0, 0.05) is 33.0 Å². The normalized spacial score (nSPS) is 11.5. The highest BCUT2D eigenvalue weighted by atomic mass is 79.9. The molecule has 5 rings (SSSR count). The zero-order valence-electron chi connectivity index (χ0n) is 15.3. The van der Waals surface area contributed by atoms with Gasteiger partial charge < -0.3 is 10.7 Å². The first kappa shape index (κ1) is 19.3. The number of nitrogens with zero attached hydrogens (tertiary/aromatic N) is 5. The Morgan fingerprint density at radius 3 is 2.70 bits per heavy atom. The van der Waals surface area contributed by atoms with Gasteiger partial charge in [0.15, 0.2) is 17.4 Å². The van der Waals surface area contributed by atoms with Gasteiger partial charge >= 0.3 is 0 Å². The number of anilines is 1. The third-order valence-electron chi connectivity index (χ3n) is 4.56. The van der Waals surface area contributed by atoms with Crippen LogP contribution in [-0.4, -0.2) is 35.6 Å². The summed E-state index contributed by atoms with van der Waals surface area (Å²) in [4.78, 5) is 20.7. The molecule has 0 aliphatic rings. The number of carbonyl (C=O) groups excluding carboxylic acids is 1. The van der Waals surface area contributed by atoms with Crippen molar-refractivity contribution in [2.24, 2.45) is 0 Å².